The fraction of sp³-hybridized carbons (Fsp3) is 0.385. The lowest BCUT2D eigenvalue weighted by Gasteiger charge is -2.45. The number of pyridine rings is 1. The first-order chi connectivity index (χ1) is 17.1. The fourth-order valence-corrected chi connectivity index (χ4v) is 5.07. The third kappa shape index (κ3) is 4.11. The molecule has 2 aliphatic rings. The summed E-state index contributed by atoms with van der Waals surface area (Å²) in [5.74, 6) is 0.999. The van der Waals surface area contributed by atoms with Crippen molar-refractivity contribution in [2.45, 2.75) is 24.8 Å². The molecule has 0 spiro atoms. The molecule has 2 fully saturated rings. The number of ether oxygens (including phenoxy) is 2. The third-order valence-electron chi connectivity index (χ3n) is 7.06. The van der Waals surface area contributed by atoms with Gasteiger partial charge in [-0.2, -0.15) is 15.3 Å². The van der Waals surface area contributed by atoms with E-state index in [2.05, 4.69) is 25.2 Å². The molecule has 4 aromatic rings. The maximum absolute atomic E-state index is 10.8. The molecule has 0 aliphatic carbocycles. The van der Waals surface area contributed by atoms with E-state index in [0.717, 1.165) is 55.8 Å². The van der Waals surface area contributed by atoms with Crippen molar-refractivity contribution < 1.29 is 14.6 Å². The summed E-state index contributed by atoms with van der Waals surface area (Å²) < 4.78 is 12.6. The SMILES string of the molecule is COc1nc(-c2ccc(-c3ccc(C4CN(C5CCOCC5)C4)nn3)c(O)c2)cc2cn(C)nc12. The molecular weight excluding hydrogens is 444 g/mol. The molecule has 0 amide bonds. The van der Waals surface area contributed by atoms with Crippen LogP contribution in [-0.4, -0.2) is 74.4 Å². The van der Waals surface area contributed by atoms with Crippen LogP contribution in [-0.2, 0) is 11.8 Å². The lowest BCUT2D eigenvalue weighted by molar-refractivity contribution is 0.000892. The van der Waals surface area contributed by atoms with E-state index in [4.69, 9.17) is 9.47 Å². The van der Waals surface area contributed by atoms with Crippen molar-refractivity contribution in [3.8, 4) is 34.1 Å². The zero-order valence-electron chi connectivity index (χ0n) is 19.9. The van der Waals surface area contributed by atoms with Crippen molar-refractivity contribution in [2.75, 3.05) is 33.4 Å². The molecule has 5 heterocycles. The molecule has 9 heteroatoms. The molecule has 1 aromatic carbocycles. The molecule has 1 N–H and O–H groups in total. The summed E-state index contributed by atoms with van der Waals surface area (Å²) in [4.78, 5) is 7.11. The van der Waals surface area contributed by atoms with Crippen molar-refractivity contribution in [2.24, 2.45) is 7.05 Å². The second-order valence-corrected chi connectivity index (χ2v) is 9.33. The Morgan fingerprint density at radius 2 is 1.86 bits per heavy atom. The number of aromatic hydroxyl groups is 1. The first-order valence-corrected chi connectivity index (χ1v) is 12.0. The topological polar surface area (TPSA) is 98.4 Å². The van der Waals surface area contributed by atoms with Gasteiger partial charge in [0, 0.05) is 68.0 Å². The van der Waals surface area contributed by atoms with Gasteiger partial charge in [-0.25, -0.2) is 4.98 Å². The zero-order valence-corrected chi connectivity index (χ0v) is 19.9. The number of aryl methyl sites for hydroxylation is 1. The van der Waals surface area contributed by atoms with Crippen LogP contribution < -0.4 is 4.74 Å². The van der Waals surface area contributed by atoms with Gasteiger partial charge in [-0.15, -0.1) is 0 Å². The second-order valence-electron chi connectivity index (χ2n) is 9.33. The highest BCUT2D eigenvalue weighted by Gasteiger charge is 2.34. The Kier molecular flexibility index (Phi) is 5.58. The van der Waals surface area contributed by atoms with Crippen molar-refractivity contribution in [3.63, 3.8) is 0 Å². The van der Waals surface area contributed by atoms with Gasteiger partial charge in [-0.1, -0.05) is 6.07 Å². The second kappa shape index (κ2) is 8.90. The summed E-state index contributed by atoms with van der Waals surface area (Å²) >= 11 is 0. The van der Waals surface area contributed by atoms with Crippen LogP contribution in [0.2, 0.25) is 0 Å². The Balaban J connectivity index is 1.19. The number of phenols is 1. The lowest BCUT2D eigenvalue weighted by atomic mass is 9.91. The predicted molar refractivity (Wildman–Crippen MR) is 131 cm³/mol. The lowest BCUT2D eigenvalue weighted by Crippen LogP contribution is -2.52. The minimum absolute atomic E-state index is 0.130. The summed E-state index contributed by atoms with van der Waals surface area (Å²) in [6.45, 7) is 3.78. The van der Waals surface area contributed by atoms with E-state index in [1.165, 1.54) is 0 Å². The van der Waals surface area contributed by atoms with E-state index in [1.54, 1.807) is 17.9 Å². The summed E-state index contributed by atoms with van der Waals surface area (Å²) in [5, 5.41) is 25.0. The average molecular weight is 473 g/mol. The number of likely N-dealkylation sites (tertiary alicyclic amines) is 1. The normalized spacial score (nSPS) is 17.5. The summed E-state index contributed by atoms with van der Waals surface area (Å²) in [6.07, 6.45) is 4.15. The number of aromatic nitrogens is 5. The van der Waals surface area contributed by atoms with Gasteiger partial charge in [0.15, 0.2) is 5.52 Å². The van der Waals surface area contributed by atoms with Gasteiger partial charge in [0.05, 0.1) is 24.2 Å². The van der Waals surface area contributed by atoms with Crippen LogP contribution in [0.25, 0.3) is 33.4 Å². The molecule has 9 nitrogen and oxygen atoms in total. The zero-order chi connectivity index (χ0) is 23.9. The molecule has 0 unspecified atom stereocenters. The first kappa shape index (κ1) is 21.9. The number of methoxy groups -OCH3 is 1. The number of nitrogens with zero attached hydrogens (tertiary/aromatic N) is 6. The maximum Gasteiger partial charge on any atom is 0.242 e. The molecule has 2 aliphatic heterocycles. The van der Waals surface area contributed by atoms with Crippen molar-refractivity contribution in [1.29, 1.82) is 0 Å². The molecular formula is C26H28N6O3. The Morgan fingerprint density at radius 1 is 1.03 bits per heavy atom. The van der Waals surface area contributed by atoms with Crippen molar-refractivity contribution >= 4 is 10.9 Å². The van der Waals surface area contributed by atoms with E-state index in [1.807, 2.05) is 43.6 Å². The van der Waals surface area contributed by atoms with Gasteiger partial charge in [0.25, 0.3) is 0 Å². The molecule has 180 valence electrons. The third-order valence-corrected chi connectivity index (χ3v) is 7.06. The monoisotopic (exact) mass is 472 g/mol. The van der Waals surface area contributed by atoms with Crippen LogP contribution in [0, 0.1) is 0 Å². The standard InChI is InChI=1S/C26H28N6O3/c1-31-13-17-11-23(27-26(34-2)25(17)30-31)16-3-4-20(24(33)12-16)22-6-5-21(28-29-22)18-14-32(15-18)19-7-9-35-10-8-19/h3-6,11-13,18-19,33H,7-10,14-15H2,1-2H3. The minimum Gasteiger partial charge on any atom is -0.507 e. The van der Waals surface area contributed by atoms with Crippen LogP contribution in [0.15, 0.2) is 42.6 Å². The highest BCUT2D eigenvalue weighted by molar-refractivity contribution is 5.87. The summed E-state index contributed by atoms with van der Waals surface area (Å²) in [6, 6.07) is 12.0. The number of hydrogen-bond acceptors (Lipinski definition) is 8. The van der Waals surface area contributed by atoms with Gasteiger partial charge in [-0.05, 0) is 43.2 Å². The van der Waals surface area contributed by atoms with Gasteiger partial charge in [0.1, 0.15) is 5.75 Å². The molecule has 0 saturated carbocycles. The smallest absolute Gasteiger partial charge is 0.242 e. The molecule has 2 saturated heterocycles. The Bertz CT molecular complexity index is 1360. The Labute approximate surface area is 203 Å². The van der Waals surface area contributed by atoms with E-state index >= 15 is 0 Å². The number of rotatable bonds is 5. The van der Waals surface area contributed by atoms with Gasteiger partial charge >= 0.3 is 0 Å². The molecule has 0 radical (unpaired) electrons. The number of benzene rings is 1. The Hall–Kier alpha value is -3.56. The van der Waals surface area contributed by atoms with Gasteiger partial charge in [0.2, 0.25) is 5.88 Å². The Morgan fingerprint density at radius 3 is 2.57 bits per heavy atom. The maximum atomic E-state index is 10.8. The molecule has 0 atom stereocenters. The molecule has 0 bridgehead atoms. The highest BCUT2D eigenvalue weighted by Crippen LogP contribution is 2.35. The fourth-order valence-electron chi connectivity index (χ4n) is 5.07. The van der Waals surface area contributed by atoms with Crippen LogP contribution in [0.3, 0.4) is 0 Å². The summed E-state index contributed by atoms with van der Waals surface area (Å²) in [5.41, 5.74) is 4.48. The molecule has 3 aromatic heterocycles. The van der Waals surface area contributed by atoms with Crippen LogP contribution in [0.1, 0.15) is 24.5 Å². The van der Waals surface area contributed by atoms with Gasteiger partial charge in [-0.3, -0.25) is 9.58 Å². The molecule has 35 heavy (non-hydrogen) atoms. The quantitative estimate of drug-likeness (QED) is 0.472. The average Bonchev–Trinajstić information content (AvgIpc) is 3.24. The van der Waals surface area contributed by atoms with E-state index in [9.17, 15) is 5.11 Å². The van der Waals surface area contributed by atoms with Crippen molar-refractivity contribution in [1.82, 2.24) is 29.9 Å². The molecule has 6 rings (SSSR count). The number of hydrogen-bond donors (Lipinski definition) is 1. The van der Waals surface area contributed by atoms with Gasteiger partial charge < -0.3 is 14.6 Å². The van der Waals surface area contributed by atoms with Crippen LogP contribution >= 0.6 is 0 Å². The van der Waals surface area contributed by atoms with E-state index < -0.39 is 0 Å². The first-order valence-electron chi connectivity index (χ1n) is 12.0. The van der Waals surface area contributed by atoms with Crippen molar-refractivity contribution in [3.05, 3.63) is 48.3 Å². The largest absolute Gasteiger partial charge is 0.507 e. The van der Waals surface area contributed by atoms with Crippen LogP contribution in [0.4, 0.5) is 0 Å². The summed E-state index contributed by atoms with van der Waals surface area (Å²) in [7, 11) is 3.44. The number of phenolic OH excluding ortho intramolecular Hbond substituents is 1. The minimum atomic E-state index is 0.130. The van der Waals surface area contributed by atoms with E-state index in [0.29, 0.717) is 40.3 Å². The highest BCUT2D eigenvalue weighted by atomic mass is 16.5. The number of fused-ring (bicyclic) bond motifs is 1. The predicted octanol–water partition coefficient (Wildman–Crippen LogP) is 3.38. The van der Waals surface area contributed by atoms with Crippen LogP contribution in [0.5, 0.6) is 11.6 Å². The van der Waals surface area contributed by atoms with E-state index in [-0.39, 0.29) is 5.75 Å².